The van der Waals surface area contributed by atoms with Crippen LogP contribution in [-0.4, -0.2) is 37.4 Å². The number of methoxy groups -OCH3 is 2. The molecule has 1 fully saturated rings. The van der Waals surface area contributed by atoms with Gasteiger partial charge < -0.3 is 19.7 Å². The molecule has 5 nitrogen and oxygen atoms in total. The highest BCUT2D eigenvalue weighted by Gasteiger charge is 2.33. The first-order chi connectivity index (χ1) is 13.7. The lowest BCUT2D eigenvalue weighted by Crippen LogP contribution is -2.34. The zero-order valence-corrected chi connectivity index (χ0v) is 16.7. The zero-order valence-electron chi connectivity index (χ0n) is 15.8. The van der Waals surface area contributed by atoms with Crippen LogP contribution in [0.2, 0.25) is 0 Å². The van der Waals surface area contributed by atoms with Gasteiger partial charge in [-0.05, 0) is 17.5 Å². The normalized spacial score (nSPS) is 16.2. The monoisotopic (exact) mass is 394 g/mol. The van der Waals surface area contributed by atoms with E-state index in [9.17, 15) is 4.79 Å². The number of fused-ring (bicyclic) bond motifs is 1. The Morgan fingerprint density at radius 1 is 1.04 bits per heavy atom. The lowest BCUT2D eigenvalue weighted by molar-refractivity contribution is 0.213. The molecule has 0 aromatic heterocycles. The molecule has 0 radical (unpaired) electrons. The molecule has 2 amide bonds. The van der Waals surface area contributed by atoms with Crippen LogP contribution < -0.4 is 14.8 Å². The summed E-state index contributed by atoms with van der Waals surface area (Å²) in [6.45, 7) is 0.673. The fraction of sp³-hybridized carbons (Fsp3) is 0.227. The van der Waals surface area contributed by atoms with Crippen molar-refractivity contribution in [2.45, 2.75) is 5.37 Å². The minimum Gasteiger partial charge on any atom is -0.493 e. The number of nitrogens with one attached hydrogen (secondary N) is 1. The molecule has 0 aliphatic carbocycles. The number of nitrogens with zero attached hydrogens (tertiary/aromatic N) is 1. The minimum atomic E-state index is -0.125. The van der Waals surface area contributed by atoms with E-state index >= 15 is 0 Å². The largest absolute Gasteiger partial charge is 0.493 e. The number of carbonyl (C=O) groups is 1. The number of urea groups is 1. The fourth-order valence-electron chi connectivity index (χ4n) is 3.56. The summed E-state index contributed by atoms with van der Waals surface area (Å²) >= 11 is 1.72. The van der Waals surface area contributed by atoms with Crippen molar-refractivity contribution in [2.24, 2.45) is 0 Å². The van der Waals surface area contributed by atoms with Crippen molar-refractivity contribution in [1.29, 1.82) is 0 Å². The van der Waals surface area contributed by atoms with Crippen molar-refractivity contribution in [3.8, 4) is 11.5 Å². The van der Waals surface area contributed by atoms with Gasteiger partial charge in [-0.15, -0.1) is 11.8 Å². The van der Waals surface area contributed by atoms with Gasteiger partial charge in [-0.3, -0.25) is 0 Å². The molecule has 28 heavy (non-hydrogen) atoms. The molecule has 0 spiro atoms. The molecule has 1 heterocycles. The van der Waals surface area contributed by atoms with Gasteiger partial charge in [0.1, 0.15) is 5.37 Å². The highest BCUT2D eigenvalue weighted by molar-refractivity contribution is 7.99. The van der Waals surface area contributed by atoms with E-state index < -0.39 is 0 Å². The molecule has 1 saturated heterocycles. The van der Waals surface area contributed by atoms with Crippen LogP contribution in [-0.2, 0) is 0 Å². The van der Waals surface area contributed by atoms with Gasteiger partial charge in [0.25, 0.3) is 0 Å². The number of carbonyl (C=O) groups excluding carboxylic acids is 1. The molecule has 1 aliphatic heterocycles. The van der Waals surface area contributed by atoms with Crippen LogP contribution >= 0.6 is 11.8 Å². The Hall–Kier alpha value is -2.86. The average Bonchev–Trinajstić information content (AvgIpc) is 3.23. The topological polar surface area (TPSA) is 50.8 Å². The number of para-hydroxylation sites is 1. The summed E-state index contributed by atoms with van der Waals surface area (Å²) in [4.78, 5) is 15.0. The van der Waals surface area contributed by atoms with Crippen molar-refractivity contribution in [3.63, 3.8) is 0 Å². The lowest BCUT2D eigenvalue weighted by Gasteiger charge is -2.26. The Bertz CT molecular complexity index is 1000. The van der Waals surface area contributed by atoms with E-state index in [1.165, 1.54) is 0 Å². The molecule has 0 saturated carbocycles. The third-order valence-corrected chi connectivity index (χ3v) is 6.12. The van der Waals surface area contributed by atoms with Crippen molar-refractivity contribution in [2.75, 3.05) is 31.8 Å². The van der Waals surface area contributed by atoms with Crippen molar-refractivity contribution < 1.29 is 14.3 Å². The van der Waals surface area contributed by atoms with Crippen molar-refractivity contribution >= 4 is 34.3 Å². The van der Waals surface area contributed by atoms with Gasteiger partial charge in [0.05, 0.1) is 19.9 Å². The molecule has 1 atom stereocenters. The number of thioether (sulfide) groups is 1. The van der Waals surface area contributed by atoms with Crippen LogP contribution in [0.15, 0.2) is 60.7 Å². The molecule has 3 aromatic carbocycles. The smallest absolute Gasteiger partial charge is 0.323 e. The summed E-state index contributed by atoms with van der Waals surface area (Å²) in [6, 6.07) is 19.6. The van der Waals surface area contributed by atoms with Gasteiger partial charge in [0, 0.05) is 23.2 Å². The molecule has 1 N–H and O–H groups in total. The molecular formula is C22H22N2O3S. The summed E-state index contributed by atoms with van der Waals surface area (Å²) in [5.41, 5.74) is 1.76. The van der Waals surface area contributed by atoms with Gasteiger partial charge in [0.15, 0.2) is 11.5 Å². The van der Waals surface area contributed by atoms with E-state index in [2.05, 4.69) is 5.32 Å². The standard InChI is InChI=1S/C22H22N2O3S/c1-26-19-12-6-10-17(20(19)27-2)21-24(13-14-28-21)22(25)23-18-11-5-8-15-7-3-4-9-16(15)18/h3-12,21H,13-14H2,1-2H3,(H,23,25)/t21-/m0/s1. The molecule has 0 bridgehead atoms. The third kappa shape index (κ3) is 3.36. The average molecular weight is 394 g/mol. The van der Waals surface area contributed by atoms with E-state index in [4.69, 9.17) is 9.47 Å². The van der Waals surface area contributed by atoms with E-state index in [0.29, 0.717) is 18.0 Å². The summed E-state index contributed by atoms with van der Waals surface area (Å²) < 4.78 is 11.0. The lowest BCUT2D eigenvalue weighted by atomic mass is 10.1. The molecule has 6 heteroatoms. The number of rotatable bonds is 4. The number of benzene rings is 3. The summed E-state index contributed by atoms with van der Waals surface area (Å²) in [6.07, 6.45) is 0. The summed E-state index contributed by atoms with van der Waals surface area (Å²) in [5.74, 6) is 2.21. The maximum absolute atomic E-state index is 13.1. The highest BCUT2D eigenvalue weighted by atomic mass is 32.2. The van der Waals surface area contributed by atoms with Gasteiger partial charge in [-0.25, -0.2) is 4.79 Å². The van der Waals surface area contributed by atoms with E-state index in [-0.39, 0.29) is 11.4 Å². The van der Waals surface area contributed by atoms with Crippen molar-refractivity contribution in [3.05, 3.63) is 66.2 Å². The fourth-order valence-corrected chi connectivity index (χ4v) is 4.84. The van der Waals surface area contributed by atoms with Gasteiger partial charge in [0.2, 0.25) is 0 Å². The molecule has 4 rings (SSSR count). The Labute approximate surface area is 168 Å². The highest BCUT2D eigenvalue weighted by Crippen LogP contribution is 2.45. The number of anilines is 1. The molecule has 3 aromatic rings. The van der Waals surface area contributed by atoms with Crippen LogP contribution in [0.25, 0.3) is 10.8 Å². The minimum absolute atomic E-state index is 0.115. The van der Waals surface area contributed by atoms with E-state index in [1.54, 1.807) is 26.0 Å². The molecule has 144 valence electrons. The van der Waals surface area contributed by atoms with E-state index in [0.717, 1.165) is 27.8 Å². The SMILES string of the molecule is COc1cccc([C@@H]2SCCN2C(=O)Nc2cccc3ccccc23)c1OC. The Morgan fingerprint density at radius 2 is 1.82 bits per heavy atom. The Morgan fingerprint density at radius 3 is 2.64 bits per heavy atom. The first kappa shape index (κ1) is 18.5. The number of hydrogen-bond donors (Lipinski definition) is 1. The van der Waals surface area contributed by atoms with Gasteiger partial charge >= 0.3 is 6.03 Å². The summed E-state index contributed by atoms with van der Waals surface area (Å²) in [7, 11) is 3.25. The Balaban J connectivity index is 1.63. The second-order valence-electron chi connectivity index (χ2n) is 6.46. The second kappa shape index (κ2) is 8.02. The van der Waals surface area contributed by atoms with Crippen LogP contribution in [0, 0.1) is 0 Å². The molecule has 0 unspecified atom stereocenters. The summed E-state index contributed by atoms with van der Waals surface area (Å²) in [5, 5.41) is 5.10. The van der Waals surface area contributed by atoms with Crippen LogP contribution in [0.1, 0.15) is 10.9 Å². The third-order valence-electron chi connectivity index (χ3n) is 4.88. The predicted octanol–water partition coefficient (Wildman–Crippen LogP) is 5.14. The number of ether oxygens (including phenoxy) is 2. The first-order valence-corrected chi connectivity index (χ1v) is 10.2. The van der Waals surface area contributed by atoms with Crippen LogP contribution in [0.5, 0.6) is 11.5 Å². The number of amides is 2. The molecular weight excluding hydrogens is 372 g/mol. The van der Waals surface area contributed by atoms with Crippen molar-refractivity contribution in [1.82, 2.24) is 4.90 Å². The van der Waals surface area contributed by atoms with Crippen LogP contribution in [0.3, 0.4) is 0 Å². The van der Waals surface area contributed by atoms with Gasteiger partial charge in [-0.2, -0.15) is 0 Å². The predicted molar refractivity (Wildman–Crippen MR) is 114 cm³/mol. The Kier molecular flexibility index (Phi) is 5.30. The second-order valence-corrected chi connectivity index (χ2v) is 7.64. The number of hydrogen-bond acceptors (Lipinski definition) is 4. The quantitative estimate of drug-likeness (QED) is 0.666. The first-order valence-electron chi connectivity index (χ1n) is 9.11. The van der Waals surface area contributed by atoms with Gasteiger partial charge in [-0.1, -0.05) is 48.5 Å². The maximum atomic E-state index is 13.1. The van der Waals surface area contributed by atoms with Crippen LogP contribution in [0.4, 0.5) is 10.5 Å². The van der Waals surface area contributed by atoms with E-state index in [1.807, 2.05) is 65.6 Å². The molecule has 1 aliphatic rings. The maximum Gasteiger partial charge on any atom is 0.323 e. The zero-order chi connectivity index (χ0) is 19.5.